The van der Waals surface area contributed by atoms with Gasteiger partial charge in [-0.05, 0) is 64.1 Å². The fourth-order valence-corrected chi connectivity index (χ4v) is 4.12. The number of nitrogens with one attached hydrogen (secondary N) is 3. The Balaban J connectivity index is 1.85. The Morgan fingerprint density at radius 1 is 1.27 bits per heavy atom. The van der Waals surface area contributed by atoms with Crippen molar-refractivity contribution in [2.45, 2.75) is 52.1 Å². The van der Waals surface area contributed by atoms with Gasteiger partial charge in [0.25, 0.3) is 0 Å². The number of nitrogens with zero attached hydrogens (tertiary/aromatic N) is 2. The van der Waals surface area contributed by atoms with E-state index in [1.165, 1.54) is 30.8 Å². The molecule has 1 unspecified atom stereocenters. The van der Waals surface area contributed by atoms with Gasteiger partial charge in [-0.25, -0.2) is 0 Å². The molecule has 0 spiro atoms. The predicted octanol–water partition coefficient (Wildman–Crippen LogP) is 3.07. The summed E-state index contributed by atoms with van der Waals surface area (Å²) in [6, 6.07) is 4.84. The second kappa shape index (κ2) is 10.3. The molecule has 1 saturated heterocycles. The first-order valence-corrected chi connectivity index (χ1v) is 10.7. The molecule has 3 N–H and O–H groups in total. The Labute approximate surface area is 163 Å². The summed E-state index contributed by atoms with van der Waals surface area (Å²) in [7, 11) is 1.84. The van der Waals surface area contributed by atoms with Crippen molar-refractivity contribution in [3.05, 3.63) is 22.4 Å². The van der Waals surface area contributed by atoms with Gasteiger partial charge < -0.3 is 16.0 Å². The van der Waals surface area contributed by atoms with Crippen molar-refractivity contribution in [1.29, 1.82) is 0 Å². The molecule has 148 valence electrons. The van der Waals surface area contributed by atoms with Crippen LogP contribution in [0.5, 0.6) is 0 Å². The van der Waals surface area contributed by atoms with Gasteiger partial charge in [0.15, 0.2) is 5.96 Å². The Morgan fingerprint density at radius 2 is 2.00 bits per heavy atom. The standard InChI is InChI=1S/C20H37N5S/c1-16-8-12-25(13-9-16)17(18-7-6-14-26-18)15-23-19(21-5)22-10-11-24-20(2,3)4/h6-7,14,16-17,24H,8-13,15H2,1-5H3,(H2,21,22,23). The van der Waals surface area contributed by atoms with Crippen molar-refractivity contribution >= 4 is 17.3 Å². The minimum atomic E-state index is 0.147. The lowest BCUT2D eigenvalue weighted by molar-refractivity contribution is 0.140. The summed E-state index contributed by atoms with van der Waals surface area (Å²) in [5, 5.41) is 12.6. The van der Waals surface area contributed by atoms with Gasteiger partial charge >= 0.3 is 0 Å². The van der Waals surface area contributed by atoms with Crippen molar-refractivity contribution in [1.82, 2.24) is 20.9 Å². The Morgan fingerprint density at radius 3 is 2.58 bits per heavy atom. The Hall–Kier alpha value is -1.11. The lowest BCUT2D eigenvalue weighted by Gasteiger charge is -2.36. The van der Waals surface area contributed by atoms with Gasteiger partial charge in [-0.15, -0.1) is 11.3 Å². The summed E-state index contributed by atoms with van der Waals surface area (Å²) in [5.74, 6) is 1.74. The molecule has 0 aliphatic carbocycles. The third-order valence-electron chi connectivity index (χ3n) is 4.89. The van der Waals surface area contributed by atoms with Crippen LogP contribution in [0.3, 0.4) is 0 Å². The largest absolute Gasteiger partial charge is 0.355 e. The average molecular weight is 380 g/mol. The molecule has 2 heterocycles. The van der Waals surface area contributed by atoms with Gasteiger partial charge in [-0.2, -0.15) is 0 Å². The van der Waals surface area contributed by atoms with Crippen LogP contribution in [0.2, 0.25) is 0 Å². The molecule has 0 saturated carbocycles. The van der Waals surface area contributed by atoms with Crippen molar-refractivity contribution in [2.75, 3.05) is 39.8 Å². The van der Waals surface area contributed by atoms with E-state index >= 15 is 0 Å². The molecule has 1 atom stereocenters. The number of guanidine groups is 1. The molecule has 1 aliphatic rings. The minimum absolute atomic E-state index is 0.147. The molecule has 26 heavy (non-hydrogen) atoms. The highest BCUT2D eigenvalue weighted by atomic mass is 32.1. The number of piperidine rings is 1. The van der Waals surface area contributed by atoms with E-state index in [-0.39, 0.29) is 5.54 Å². The van der Waals surface area contributed by atoms with Crippen molar-refractivity contribution < 1.29 is 0 Å². The Kier molecular flexibility index (Phi) is 8.38. The van der Waals surface area contributed by atoms with Crippen LogP contribution >= 0.6 is 11.3 Å². The van der Waals surface area contributed by atoms with Crippen molar-refractivity contribution in [2.24, 2.45) is 10.9 Å². The number of rotatable bonds is 7. The summed E-state index contributed by atoms with van der Waals surface area (Å²) in [6.07, 6.45) is 2.60. The molecule has 1 aromatic heterocycles. The molecule has 0 amide bonds. The van der Waals surface area contributed by atoms with Crippen LogP contribution in [0, 0.1) is 5.92 Å². The number of hydrogen-bond donors (Lipinski definition) is 3. The maximum absolute atomic E-state index is 4.38. The number of aliphatic imine (C=N–C) groups is 1. The van der Waals surface area contributed by atoms with Gasteiger partial charge in [-0.3, -0.25) is 9.89 Å². The topological polar surface area (TPSA) is 51.7 Å². The number of likely N-dealkylation sites (tertiary alicyclic amines) is 1. The van der Waals surface area contributed by atoms with E-state index in [0.717, 1.165) is 31.5 Å². The Bertz CT molecular complexity index is 527. The SMILES string of the molecule is CN=C(NCCNC(C)(C)C)NCC(c1cccs1)N1CCC(C)CC1. The zero-order valence-corrected chi connectivity index (χ0v) is 18.0. The van der Waals surface area contributed by atoms with Crippen LogP contribution in [-0.2, 0) is 0 Å². The molecule has 0 radical (unpaired) electrons. The zero-order valence-electron chi connectivity index (χ0n) is 17.1. The fourth-order valence-electron chi connectivity index (χ4n) is 3.26. The first-order valence-electron chi connectivity index (χ1n) is 9.86. The number of hydrogen-bond acceptors (Lipinski definition) is 4. The van der Waals surface area contributed by atoms with E-state index in [1.807, 2.05) is 18.4 Å². The first kappa shape index (κ1) is 21.2. The normalized spacial score (nSPS) is 18.7. The zero-order chi connectivity index (χ0) is 19.0. The van der Waals surface area contributed by atoms with Gasteiger partial charge in [0, 0.05) is 37.1 Å². The highest BCUT2D eigenvalue weighted by Crippen LogP contribution is 2.28. The molecule has 6 heteroatoms. The van der Waals surface area contributed by atoms with Gasteiger partial charge in [0.2, 0.25) is 0 Å². The van der Waals surface area contributed by atoms with Crippen LogP contribution in [0.25, 0.3) is 0 Å². The van der Waals surface area contributed by atoms with E-state index in [1.54, 1.807) is 0 Å². The van der Waals surface area contributed by atoms with E-state index in [0.29, 0.717) is 6.04 Å². The molecule has 1 fully saturated rings. The highest BCUT2D eigenvalue weighted by molar-refractivity contribution is 7.10. The second-order valence-electron chi connectivity index (χ2n) is 8.31. The summed E-state index contributed by atoms with van der Waals surface area (Å²) in [4.78, 5) is 8.46. The predicted molar refractivity (Wildman–Crippen MR) is 114 cm³/mol. The average Bonchev–Trinajstić information content (AvgIpc) is 3.12. The third-order valence-corrected chi connectivity index (χ3v) is 5.86. The minimum Gasteiger partial charge on any atom is -0.355 e. The lowest BCUT2D eigenvalue weighted by Crippen LogP contribution is -2.47. The lowest BCUT2D eigenvalue weighted by atomic mass is 9.97. The van der Waals surface area contributed by atoms with E-state index in [2.05, 4.69) is 71.1 Å². The van der Waals surface area contributed by atoms with E-state index in [9.17, 15) is 0 Å². The van der Waals surface area contributed by atoms with Gasteiger partial charge in [0.1, 0.15) is 0 Å². The van der Waals surface area contributed by atoms with Gasteiger partial charge in [-0.1, -0.05) is 13.0 Å². The maximum Gasteiger partial charge on any atom is 0.191 e. The maximum atomic E-state index is 4.38. The number of thiophene rings is 1. The summed E-state index contributed by atoms with van der Waals surface area (Å²) in [5.41, 5.74) is 0.147. The molecule has 1 aromatic rings. The fraction of sp³-hybridized carbons (Fsp3) is 0.750. The molecule has 2 rings (SSSR count). The summed E-state index contributed by atoms with van der Waals surface area (Å²) < 4.78 is 0. The molecule has 0 bridgehead atoms. The molecule has 0 aromatic carbocycles. The third kappa shape index (κ3) is 7.25. The second-order valence-corrected chi connectivity index (χ2v) is 9.29. The van der Waals surface area contributed by atoms with Gasteiger partial charge in [0.05, 0.1) is 6.04 Å². The molecule has 1 aliphatic heterocycles. The molecular weight excluding hydrogens is 342 g/mol. The van der Waals surface area contributed by atoms with Crippen molar-refractivity contribution in [3.8, 4) is 0 Å². The van der Waals surface area contributed by atoms with Crippen LogP contribution in [0.4, 0.5) is 0 Å². The highest BCUT2D eigenvalue weighted by Gasteiger charge is 2.25. The van der Waals surface area contributed by atoms with Crippen molar-refractivity contribution in [3.63, 3.8) is 0 Å². The molecule has 5 nitrogen and oxygen atoms in total. The molecular formula is C20H37N5S. The quantitative estimate of drug-likeness (QED) is 0.387. The van der Waals surface area contributed by atoms with Crippen LogP contribution in [0.15, 0.2) is 22.5 Å². The smallest absolute Gasteiger partial charge is 0.191 e. The van der Waals surface area contributed by atoms with Crippen LogP contribution < -0.4 is 16.0 Å². The van der Waals surface area contributed by atoms with E-state index in [4.69, 9.17) is 0 Å². The monoisotopic (exact) mass is 379 g/mol. The van der Waals surface area contributed by atoms with Crippen LogP contribution in [0.1, 0.15) is 51.5 Å². The summed E-state index contributed by atoms with van der Waals surface area (Å²) >= 11 is 1.86. The van der Waals surface area contributed by atoms with Crippen LogP contribution in [-0.4, -0.2) is 56.2 Å². The summed E-state index contributed by atoms with van der Waals surface area (Å²) in [6.45, 7) is 14.0. The van der Waals surface area contributed by atoms with E-state index < -0.39 is 0 Å². The first-order chi connectivity index (χ1) is 12.4.